The maximum absolute atomic E-state index is 12.1. The lowest BCUT2D eigenvalue weighted by atomic mass is 10.1. The lowest BCUT2D eigenvalue weighted by Gasteiger charge is -2.13. The van der Waals surface area contributed by atoms with Gasteiger partial charge in [-0.2, -0.15) is 13.2 Å². The summed E-state index contributed by atoms with van der Waals surface area (Å²) in [4.78, 5) is 5.54. The Morgan fingerprint density at radius 3 is 2.62 bits per heavy atom. The minimum Gasteiger partial charge on any atom is -0.357 e. The van der Waals surface area contributed by atoms with Gasteiger partial charge in [0.25, 0.3) is 0 Å². The Balaban J connectivity index is 0.00000400. The quantitative estimate of drug-likeness (QED) is 0.403. The zero-order valence-corrected chi connectivity index (χ0v) is 15.2. The Kier molecular flexibility index (Phi) is 10.0. The third-order valence-electron chi connectivity index (χ3n) is 2.60. The smallest absolute Gasteiger partial charge is 0.357 e. The second-order valence-electron chi connectivity index (χ2n) is 4.43. The van der Waals surface area contributed by atoms with Gasteiger partial charge in [-0.05, 0) is 18.4 Å². The Bertz CT molecular complexity index is 407. The third-order valence-corrected chi connectivity index (χ3v) is 3.70. The van der Waals surface area contributed by atoms with Crippen LogP contribution in [0.4, 0.5) is 13.2 Å². The molecule has 0 saturated heterocycles. The van der Waals surface area contributed by atoms with Gasteiger partial charge >= 0.3 is 6.18 Å². The van der Waals surface area contributed by atoms with E-state index in [1.165, 1.54) is 4.88 Å². The van der Waals surface area contributed by atoms with Crippen LogP contribution in [0.3, 0.4) is 0 Å². The number of hydrogen-bond acceptors (Lipinski definition) is 2. The van der Waals surface area contributed by atoms with Crippen LogP contribution in [0.15, 0.2) is 22.5 Å². The van der Waals surface area contributed by atoms with Crippen molar-refractivity contribution < 1.29 is 13.2 Å². The summed E-state index contributed by atoms with van der Waals surface area (Å²) in [6.07, 6.45) is -5.01. The van der Waals surface area contributed by atoms with Gasteiger partial charge in [-0.15, -0.1) is 35.3 Å². The molecular formula is C13H21F3IN3S. The highest BCUT2D eigenvalue weighted by Crippen LogP contribution is 2.20. The molecule has 0 aromatic carbocycles. The first-order valence-electron chi connectivity index (χ1n) is 6.54. The van der Waals surface area contributed by atoms with Gasteiger partial charge in [-0.25, -0.2) is 0 Å². The summed E-state index contributed by atoms with van der Waals surface area (Å²) in [5.74, 6) is 0.688. The second kappa shape index (κ2) is 10.3. The summed E-state index contributed by atoms with van der Waals surface area (Å²) in [7, 11) is 0. The maximum Gasteiger partial charge on any atom is 0.390 e. The molecule has 2 N–H and O–H groups in total. The van der Waals surface area contributed by atoms with E-state index in [2.05, 4.69) is 22.5 Å². The number of guanidine groups is 1. The molecule has 0 bridgehead atoms. The van der Waals surface area contributed by atoms with Crippen LogP contribution in [0.1, 0.15) is 31.1 Å². The summed E-state index contributed by atoms with van der Waals surface area (Å²) in [5, 5.41) is 7.65. The standard InChI is InChI=1S/C13H20F3N3S.HI/c1-3-17-12(18-7-6-13(14,15)16)19-9-10(2)11-5-4-8-20-11;/h4-5,8,10H,3,6-7,9H2,1-2H3,(H2,17,18,19);1H. The van der Waals surface area contributed by atoms with E-state index in [4.69, 9.17) is 0 Å². The SMILES string of the molecule is CCNC(=NCC(C)c1cccs1)NCCC(F)(F)F.I. The van der Waals surface area contributed by atoms with Crippen LogP contribution >= 0.6 is 35.3 Å². The van der Waals surface area contributed by atoms with Gasteiger partial charge in [-0.3, -0.25) is 4.99 Å². The number of nitrogens with one attached hydrogen (secondary N) is 2. The highest BCUT2D eigenvalue weighted by molar-refractivity contribution is 14.0. The number of rotatable bonds is 6. The molecule has 1 rings (SSSR count). The molecule has 0 saturated carbocycles. The van der Waals surface area contributed by atoms with Gasteiger partial charge in [0.15, 0.2) is 5.96 Å². The first-order valence-corrected chi connectivity index (χ1v) is 7.42. The van der Waals surface area contributed by atoms with Crippen molar-refractivity contribution in [1.29, 1.82) is 0 Å². The van der Waals surface area contributed by atoms with E-state index >= 15 is 0 Å². The van der Waals surface area contributed by atoms with Gasteiger partial charge in [0.1, 0.15) is 0 Å². The van der Waals surface area contributed by atoms with E-state index in [1.54, 1.807) is 11.3 Å². The van der Waals surface area contributed by atoms with E-state index in [0.717, 1.165) is 0 Å². The normalized spacial score (nSPS) is 13.5. The fourth-order valence-electron chi connectivity index (χ4n) is 1.55. The van der Waals surface area contributed by atoms with Crippen LogP contribution in [-0.2, 0) is 0 Å². The van der Waals surface area contributed by atoms with Crippen molar-refractivity contribution in [3.63, 3.8) is 0 Å². The monoisotopic (exact) mass is 435 g/mol. The van der Waals surface area contributed by atoms with E-state index in [9.17, 15) is 13.2 Å². The van der Waals surface area contributed by atoms with Crippen molar-refractivity contribution in [3.05, 3.63) is 22.4 Å². The van der Waals surface area contributed by atoms with Gasteiger partial charge in [0, 0.05) is 23.9 Å². The van der Waals surface area contributed by atoms with Gasteiger partial charge in [0.2, 0.25) is 0 Å². The molecule has 1 atom stereocenters. The largest absolute Gasteiger partial charge is 0.390 e. The molecule has 0 amide bonds. The number of halogens is 4. The molecule has 3 nitrogen and oxygen atoms in total. The Hall–Kier alpha value is -0.510. The van der Waals surface area contributed by atoms with Crippen LogP contribution < -0.4 is 10.6 Å². The van der Waals surface area contributed by atoms with Crippen molar-refractivity contribution in [2.45, 2.75) is 32.4 Å². The van der Waals surface area contributed by atoms with Crippen molar-refractivity contribution in [3.8, 4) is 0 Å². The Morgan fingerprint density at radius 2 is 2.10 bits per heavy atom. The minimum absolute atomic E-state index is 0. The molecule has 0 radical (unpaired) electrons. The van der Waals surface area contributed by atoms with Gasteiger partial charge in [-0.1, -0.05) is 13.0 Å². The predicted octanol–water partition coefficient (Wildman–Crippen LogP) is 3.98. The molecule has 0 spiro atoms. The van der Waals surface area contributed by atoms with Crippen molar-refractivity contribution in [2.24, 2.45) is 4.99 Å². The maximum atomic E-state index is 12.1. The fraction of sp³-hybridized carbons (Fsp3) is 0.615. The molecule has 0 aliphatic rings. The molecule has 122 valence electrons. The van der Waals surface area contributed by atoms with Crippen molar-refractivity contribution in [2.75, 3.05) is 19.6 Å². The lowest BCUT2D eigenvalue weighted by Crippen LogP contribution is -2.39. The molecule has 1 aromatic rings. The number of alkyl halides is 3. The summed E-state index contributed by atoms with van der Waals surface area (Å²) < 4.78 is 36.3. The molecule has 0 aliphatic heterocycles. The van der Waals surface area contributed by atoms with E-state index in [-0.39, 0.29) is 36.4 Å². The summed E-state index contributed by atoms with van der Waals surface area (Å²) in [6.45, 7) is 4.92. The topological polar surface area (TPSA) is 36.4 Å². The van der Waals surface area contributed by atoms with Crippen LogP contribution in [0.2, 0.25) is 0 Å². The molecular weight excluding hydrogens is 414 g/mol. The Morgan fingerprint density at radius 1 is 1.38 bits per heavy atom. The van der Waals surface area contributed by atoms with E-state index < -0.39 is 12.6 Å². The minimum atomic E-state index is -4.14. The first kappa shape index (κ1) is 20.5. The third kappa shape index (κ3) is 9.18. The van der Waals surface area contributed by atoms with Crippen molar-refractivity contribution in [1.82, 2.24) is 10.6 Å². The summed E-state index contributed by atoms with van der Waals surface area (Å²) >= 11 is 1.66. The van der Waals surface area contributed by atoms with E-state index in [1.807, 2.05) is 24.4 Å². The Labute approximate surface area is 144 Å². The number of hydrogen-bond donors (Lipinski definition) is 2. The molecule has 0 aliphatic carbocycles. The summed E-state index contributed by atoms with van der Waals surface area (Å²) in [6, 6.07) is 4.02. The van der Waals surface area contributed by atoms with Crippen LogP contribution in [0.25, 0.3) is 0 Å². The predicted molar refractivity (Wildman–Crippen MR) is 92.8 cm³/mol. The van der Waals surface area contributed by atoms with E-state index in [0.29, 0.717) is 19.0 Å². The molecule has 1 heterocycles. The molecule has 8 heteroatoms. The second-order valence-corrected chi connectivity index (χ2v) is 5.41. The average molecular weight is 435 g/mol. The molecule has 0 fully saturated rings. The fourth-order valence-corrected chi connectivity index (χ4v) is 2.33. The average Bonchev–Trinajstić information content (AvgIpc) is 2.88. The zero-order valence-electron chi connectivity index (χ0n) is 12.0. The number of nitrogens with zero attached hydrogens (tertiary/aromatic N) is 1. The molecule has 21 heavy (non-hydrogen) atoms. The lowest BCUT2D eigenvalue weighted by molar-refractivity contribution is -0.132. The number of aliphatic imine (C=N–C) groups is 1. The first-order chi connectivity index (χ1) is 9.42. The highest BCUT2D eigenvalue weighted by Gasteiger charge is 2.26. The molecule has 1 aromatic heterocycles. The van der Waals surface area contributed by atoms with Crippen LogP contribution in [0.5, 0.6) is 0 Å². The van der Waals surface area contributed by atoms with Gasteiger partial charge < -0.3 is 10.6 Å². The summed E-state index contributed by atoms with van der Waals surface area (Å²) in [5.41, 5.74) is 0. The number of thiophene rings is 1. The van der Waals surface area contributed by atoms with Crippen molar-refractivity contribution >= 4 is 41.3 Å². The zero-order chi connectivity index (χ0) is 15.0. The highest BCUT2D eigenvalue weighted by atomic mass is 127. The van der Waals surface area contributed by atoms with Crippen LogP contribution in [0, 0.1) is 0 Å². The van der Waals surface area contributed by atoms with Crippen LogP contribution in [-0.4, -0.2) is 31.8 Å². The molecule has 1 unspecified atom stereocenters. The van der Waals surface area contributed by atoms with Gasteiger partial charge in [0.05, 0.1) is 13.0 Å².